The monoisotopic (exact) mass is 584 g/mol. The third kappa shape index (κ3) is 8.54. The highest BCUT2D eigenvalue weighted by atomic mass is 32.1. The fourth-order valence-corrected chi connectivity index (χ4v) is 6.31. The van der Waals surface area contributed by atoms with Crippen LogP contribution in [0.4, 0.5) is 0 Å². The van der Waals surface area contributed by atoms with Crippen LogP contribution in [0.1, 0.15) is 73.1 Å². The van der Waals surface area contributed by atoms with Crippen molar-refractivity contribution in [3.8, 4) is 16.9 Å². The Morgan fingerprint density at radius 1 is 0.881 bits per heavy atom. The third-order valence-electron chi connectivity index (χ3n) is 7.42. The van der Waals surface area contributed by atoms with Crippen molar-refractivity contribution in [1.82, 2.24) is 4.90 Å². The predicted octanol–water partition coefficient (Wildman–Crippen LogP) is 7.79. The smallest absolute Gasteiger partial charge is 0.317 e. The summed E-state index contributed by atoms with van der Waals surface area (Å²) in [5.41, 5.74) is 11.0. The Hall–Kier alpha value is -3.94. The van der Waals surface area contributed by atoms with Gasteiger partial charge in [0.05, 0.1) is 6.54 Å². The normalized spacial score (nSPS) is 12.0. The van der Waals surface area contributed by atoms with E-state index in [0.29, 0.717) is 24.6 Å². The van der Waals surface area contributed by atoms with Crippen LogP contribution in [-0.4, -0.2) is 28.4 Å². The second kappa shape index (κ2) is 15.3. The van der Waals surface area contributed by atoms with E-state index in [1.807, 2.05) is 29.6 Å². The van der Waals surface area contributed by atoms with Gasteiger partial charge in [-0.25, -0.2) is 0 Å². The van der Waals surface area contributed by atoms with E-state index in [1.165, 1.54) is 42.6 Å². The highest BCUT2D eigenvalue weighted by Gasteiger charge is 2.28. The summed E-state index contributed by atoms with van der Waals surface area (Å²) in [6.45, 7) is 4.96. The number of aliphatic carboxylic acids is 1. The summed E-state index contributed by atoms with van der Waals surface area (Å²) in [6, 6.07) is 27.1. The maximum atomic E-state index is 12.4. The lowest BCUT2D eigenvalue weighted by Crippen LogP contribution is -2.40. The maximum absolute atomic E-state index is 12.4. The fourth-order valence-electron chi connectivity index (χ4n) is 5.39. The van der Waals surface area contributed by atoms with E-state index in [2.05, 4.69) is 62.4 Å². The van der Waals surface area contributed by atoms with Crippen LogP contribution in [0, 0.1) is 0 Å². The summed E-state index contributed by atoms with van der Waals surface area (Å²) in [5.74, 6) is -0.106. The molecule has 1 aromatic heterocycles. The van der Waals surface area contributed by atoms with Crippen molar-refractivity contribution in [3.63, 3.8) is 0 Å². The molecule has 6 nitrogen and oxygen atoms in total. The molecule has 0 saturated heterocycles. The first-order valence-corrected chi connectivity index (χ1v) is 15.5. The Labute approximate surface area is 252 Å². The lowest BCUT2D eigenvalue weighted by atomic mass is 9.90. The summed E-state index contributed by atoms with van der Waals surface area (Å²) < 4.78 is 6.06. The van der Waals surface area contributed by atoms with E-state index in [9.17, 15) is 14.7 Å². The van der Waals surface area contributed by atoms with Gasteiger partial charge in [-0.1, -0.05) is 93.4 Å². The van der Waals surface area contributed by atoms with Gasteiger partial charge in [0.1, 0.15) is 18.4 Å². The summed E-state index contributed by atoms with van der Waals surface area (Å²) in [5, 5.41) is 11.6. The van der Waals surface area contributed by atoms with E-state index >= 15 is 0 Å². The van der Waals surface area contributed by atoms with Crippen molar-refractivity contribution in [2.24, 2.45) is 5.73 Å². The molecule has 0 fully saturated rings. The molecule has 0 bridgehead atoms. The van der Waals surface area contributed by atoms with Crippen molar-refractivity contribution in [2.45, 2.75) is 64.6 Å². The number of carboxylic acid groups (broad SMARTS) is 1. The molecule has 0 radical (unpaired) electrons. The standard InChI is InChI=1S/C35H40N2O4S/c1-3-8-26(9-4-2)27-16-18-31(19-17-27)41-23-25-12-14-28(15-13-25)30-20-32(42-24-30)21-37(22-33(38)39)34(35(36)40)29-10-6-5-7-11-29/h5-7,10-20,24,26,34H,3-4,8-9,21-23H2,1-2H3,(H2,36,40)(H,38,39). The van der Waals surface area contributed by atoms with Crippen molar-refractivity contribution >= 4 is 23.2 Å². The minimum Gasteiger partial charge on any atom is -0.489 e. The molecule has 3 N–H and O–H groups in total. The van der Waals surface area contributed by atoms with E-state index in [4.69, 9.17) is 10.5 Å². The molecule has 4 aromatic rings. The highest BCUT2D eigenvalue weighted by Crippen LogP contribution is 2.31. The van der Waals surface area contributed by atoms with E-state index < -0.39 is 17.9 Å². The number of thiophene rings is 1. The number of carboxylic acids is 1. The van der Waals surface area contributed by atoms with Crippen LogP contribution in [0.15, 0.2) is 90.3 Å². The van der Waals surface area contributed by atoms with Crippen LogP contribution < -0.4 is 10.5 Å². The molecule has 3 aromatic carbocycles. The van der Waals surface area contributed by atoms with Gasteiger partial charge in [0, 0.05) is 11.4 Å². The van der Waals surface area contributed by atoms with Crippen LogP contribution in [-0.2, 0) is 22.7 Å². The first-order chi connectivity index (χ1) is 20.4. The van der Waals surface area contributed by atoms with E-state index in [-0.39, 0.29) is 6.54 Å². The third-order valence-corrected chi connectivity index (χ3v) is 8.34. The number of hydrogen-bond donors (Lipinski definition) is 2. The molecule has 1 atom stereocenters. The number of benzene rings is 3. The number of carbonyl (C=O) groups is 2. The van der Waals surface area contributed by atoms with Crippen molar-refractivity contribution in [2.75, 3.05) is 6.54 Å². The summed E-state index contributed by atoms with van der Waals surface area (Å²) >= 11 is 1.53. The molecule has 4 rings (SSSR count). The number of carbonyl (C=O) groups excluding carboxylic acids is 1. The molecule has 0 aliphatic rings. The number of primary amides is 1. The second-order valence-corrected chi connectivity index (χ2v) is 11.6. The SMILES string of the molecule is CCCC(CCC)c1ccc(OCc2ccc(-c3csc(CN(CC(=O)O)C(C(N)=O)c4ccccc4)c3)cc2)cc1. The van der Waals surface area contributed by atoms with Crippen molar-refractivity contribution in [3.05, 3.63) is 112 Å². The van der Waals surface area contributed by atoms with Crippen LogP contribution in [0.25, 0.3) is 11.1 Å². The van der Waals surface area contributed by atoms with E-state index in [1.54, 1.807) is 17.0 Å². The lowest BCUT2D eigenvalue weighted by Gasteiger charge is -2.28. The maximum Gasteiger partial charge on any atom is 0.317 e. The Morgan fingerprint density at radius 2 is 1.55 bits per heavy atom. The zero-order valence-corrected chi connectivity index (χ0v) is 25.2. The zero-order valence-electron chi connectivity index (χ0n) is 24.4. The largest absolute Gasteiger partial charge is 0.489 e. The van der Waals surface area contributed by atoms with Crippen molar-refractivity contribution < 1.29 is 19.4 Å². The van der Waals surface area contributed by atoms with Crippen molar-refractivity contribution in [1.29, 1.82) is 0 Å². The molecule has 42 heavy (non-hydrogen) atoms. The van der Waals surface area contributed by atoms with Gasteiger partial charge in [-0.2, -0.15) is 0 Å². The average molecular weight is 585 g/mol. The zero-order chi connectivity index (χ0) is 29.9. The number of hydrogen-bond acceptors (Lipinski definition) is 5. The summed E-state index contributed by atoms with van der Waals surface area (Å²) in [6.07, 6.45) is 4.82. The Balaban J connectivity index is 1.39. The molecule has 0 aliphatic carbocycles. The Kier molecular flexibility index (Phi) is 11.3. The number of amides is 1. The van der Waals surface area contributed by atoms with Crippen LogP contribution in [0.2, 0.25) is 0 Å². The van der Waals surface area contributed by atoms with Gasteiger partial charge in [-0.15, -0.1) is 11.3 Å². The lowest BCUT2D eigenvalue weighted by molar-refractivity contribution is -0.140. The average Bonchev–Trinajstić information content (AvgIpc) is 3.45. The molecular formula is C35H40N2O4S. The molecule has 1 amide bonds. The number of nitrogens with two attached hydrogens (primary N) is 1. The van der Waals surface area contributed by atoms with Gasteiger partial charge in [0.2, 0.25) is 5.91 Å². The van der Waals surface area contributed by atoms with Gasteiger partial charge in [0.25, 0.3) is 0 Å². The number of nitrogens with zero attached hydrogens (tertiary/aromatic N) is 1. The quantitative estimate of drug-likeness (QED) is 0.140. The van der Waals surface area contributed by atoms with Gasteiger partial charge < -0.3 is 15.6 Å². The van der Waals surface area contributed by atoms with Crippen LogP contribution in [0.5, 0.6) is 5.75 Å². The van der Waals surface area contributed by atoms with Gasteiger partial charge in [0.15, 0.2) is 0 Å². The molecule has 0 saturated carbocycles. The highest BCUT2D eigenvalue weighted by molar-refractivity contribution is 7.10. The number of rotatable bonds is 16. The van der Waals surface area contributed by atoms with Crippen LogP contribution in [0.3, 0.4) is 0 Å². The molecule has 7 heteroatoms. The minimum atomic E-state index is -1.01. The number of ether oxygens (including phenoxy) is 1. The molecular weight excluding hydrogens is 544 g/mol. The topological polar surface area (TPSA) is 92.9 Å². The Morgan fingerprint density at radius 3 is 2.14 bits per heavy atom. The first kappa shape index (κ1) is 31.0. The fraction of sp³-hybridized carbons (Fsp3) is 0.314. The molecule has 0 spiro atoms. The van der Waals surface area contributed by atoms with Crippen LogP contribution >= 0.6 is 11.3 Å². The first-order valence-electron chi connectivity index (χ1n) is 14.6. The van der Waals surface area contributed by atoms with Gasteiger partial charge in [-0.3, -0.25) is 14.5 Å². The second-order valence-electron chi connectivity index (χ2n) is 10.6. The minimum absolute atomic E-state index is 0.293. The summed E-state index contributed by atoms with van der Waals surface area (Å²) in [7, 11) is 0. The molecule has 1 heterocycles. The van der Waals surface area contributed by atoms with Gasteiger partial charge >= 0.3 is 5.97 Å². The Bertz CT molecular complexity index is 1410. The molecule has 220 valence electrons. The van der Waals surface area contributed by atoms with Gasteiger partial charge in [-0.05, 0) is 70.2 Å². The molecule has 0 aliphatic heterocycles. The summed E-state index contributed by atoms with van der Waals surface area (Å²) in [4.78, 5) is 26.6. The van der Waals surface area contributed by atoms with E-state index in [0.717, 1.165) is 27.3 Å². The predicted molar refractivity (Wildman–Crippen MR) is 170 cm³/mol. The molecule has 1 unspecified atom stereocenters.